The maximum Gasteiger partial charge on any atom is 0.307 e. The van der Waals surface area contributed by atoms with Crippen LogP contribution in [-0.4, -0.2) is 29.3 Å². The predicted octanol–water partition coefficient (Wildman–Crippen LogP) is 5.47. The van der Waals surface area contributed by atoms with Crippen LogP contribution in [0.2, 0.25) is 0 Å². The van der Waals surface area contributed by atoms with Gasteiger partial charge in [-0.1, -0.05) is 72.8 Å². The number of aromatic nitrogens is 1. The molecule has 0 saturated carbocycles. The van der Waals surface area contributed by atoms with Crippen molar-refractivity contribution in [1.29, 1.82) is 0 Å². The lowest BCUT2D eigenvalue weighted by Gasteiger charge is -2.13. The van der Waals surface area contributed by atoms with Crippen molar-refractivity contribution in [3.63, 3.8) is 0 Å². The second-order valence-electron chi connectivity index (χ2n) is 7.77. The molecule has 4 rings (SSSR count). The monoisotopic (exact) mass is 466 g/mol. The Bertz CT molecular complexity index is 1260. The van der Waals surface area contributed by atoms with Crippen LogP contribution in [-0.2, 0) is 16.1 Å². The number of nitrogens with zero attached hydrogens (tertiary/aromatic N) is 1. The molecule has 1 heterocycles. The van der Waals surface area contributed by atoms with E-state index < -0.39 is 5.97 Å². The first-order chi connectivity index (χ1) is 17.2. The maximum atomic E-state index is 10.9. The summed E-state index contributed by atoms with van der Waals surface area (Å²) in [6, 6.07) is 31.2. The first-order valence-corrected chi connectivity index (χ1v) is 11.3. The minimum atomic E-state index is -0.876. The number of hydrogen-bond donors (Lipinski definition) is 2. The van der Waals surface area contributed by atoms with Crippen molar-refractivity contribution < 1.29 is 19.5 Å². The summed E-state index contributed by atoms with van der Waals surface area (Å²) in [6.45, 7) is 0.582. The molecule has 0 atom stereocenters. The molecular weight excluding hydrogens is 440 g/mol. The largest absolute Gasteiger partial charge is 0.491 e. The minimum Gasteiger partial charge on any atom is -0.491 e. The van der Waals surface area contributed by atoms with Gasteiger partial charge in [0.15, 0.2) is 0 Å². The molecule has 1 aromatic heterocycles. The summed E-state index contributed by atoms with van der Waals surface area (Å²) in [5.41, 5.74) is 8.53. The van der Waals surface area contributed by atoms with Gasteiger partial charge in [0.05, 0.1) is 17.8 Å². The quantitative estimate of drug-likeness (QED) is 0.225. The Labute approximate surface area is 204 Å². The zero-order valence-corrected chi connectivity index (χ0v) is 19.1. The highest BCUT2D eigenvalue weighted by molar-refractivity contribution is 5.80. The number of hydroxylamine groups is 1. The summed E-state index contributed by atoms with van der Waals surface area (Å²) in [7, 11) is 0. The molecule has 0 unspecified atom stereocenters. The molecule has 2 N–H and O–H groups in total. The van der Waals surface area contributed by atoms with Crippen molar-refractivity contribution in [3.05, 3.63) is 120 Å². The third-order valence-corrected chi connectivity index (χ3v) is 5.17. The average molecular weight is 467 g/mol. The normalized spacial score (nSPS) is 11.1. The molecule has 0 aliphatic heterocycles. The van der Waals surface area contributed by atoms with Gasteiger partial charge in [-0.15, -0.1) is 0 Å². The van der Waals surface area contributed by atoms with Gasteiger partial charge in [0.1, 0.15) is 19.0 Å². The number of pyridine rings is 1. The van der Waals surface area contributed by atoms with E-state index in [1.54, 1.807) is 30.5 Å². The highest BCUT2D eigenvalue weighted by Gasteiger charge is 2.06. The van der Waals surface area contributed by atoms with Crippen LogP contribution >= 0.6 is 0 Å². The second-order valence-corrected chi connectivity index (χ2v) is 7.77. The number of ether oxygens (including phenoxy) is 1. The van der Waals surface area contributed by atoms with Crippen LogP contribution in [0.25, 0.3) is 22.9 Å². The third-order valence-electron chi connectivity index (χ3n) is 5.17. The van der Waals surface area contributed by atoms with Crippen molar-refractivity contribution in [3.8, 4) is 16.9 Å². The van der Waals surface area contributed by atoms with Gasteiger partial charge in [-0.3, -0.25) is 20.1 Å². The number of carboxylic acid groups (broad SMARTS) is 1. The summed E-state index contributed by atoms with van der Waals surface area (Å²) >= 11 is 0. The van der Waals surface area contributed by atoms with Crippen molar-refractivity contribution in [2.75, 3.05) is 13.2 Å². The molecule has 0 aliphatic carbocycles. The molecule has 0 aliphatic rings. The molecule has 6 heteroatoms. The summed E-state index contributed by atoms with van der Waals surface area (Å²) in [5.74, 6) is -0.271. The second kappa shape index (κ2) is 12.2. The van der Waals surface area contributed by atoms with Gasteiger partial charge >= 0.3 is 5.97 Å². The number of nitrogens with one attached hydrogen (secondary N) is 1. The number of hydrogen-bond acceptors (Lipinski definition) is 5. The fourth-order valence-electron chi connectivity index (χ4n) is 3.50. The smallest absolute Gasteiger partial charge is 0.307 e. The lowest BCUT2D eigenvalue weighted by atomic mass is 10.0. The minimum absolute atomic E-state index is 0.0417. The van der Waals surface area contributed by atoms with Crippen molar-refractivity contribution in [1.82, 2.24) is 10.5 Å². The van der Waals surface area contributed by atoms with Crippen molar-refractivity contribution >= 4 is 17.7 Å². The van der Waals surface area contributed by atoms with Gasteiger partial charge in [-0.25, -0.2) is 0 Å². The number of carbonyl (C=O) groups is 1. The highest BCUT2D eigenvalue weighted by Crippen LogP contribution is 2.22. The van der Waals surface area contributed by atoms with E-state index >= 15 is 0 Å². The van der Waals surface area contributed by atoms with E-state index in [1.165, 1.54) is 0 Å². The molecule has 0 spiro atoms. The van der Waals surface area contributed by atoms with E-state index in [1.807, 2.05) is 54.6 Å². The van der Waals surface area contributed by atoms with Crippen LogP contribution < -0.4 is 10.2 Å². The van der Waals surface area contributed by atoms with Crippen molar-refractivity contribution in [2.45, 2.75) is 6.42 Å². The molecule has 4 aromatic rings. The molecule has 0 amide bonds. The van der Waals surface area contributed by atoms with Crippen LogP contribution in [0.3, 0.4) is 0 Å². The van der Waals surface area contributed by atoms with Gasteiger partial charge in [0.2, 0.25) is 0 Å². The molecular formula is C29H26N2O4. The topological polar surface area (TPSA) is 80.7 Å². The van der Waals surface area contributed by atoms with Crippen LogP contribution in [0.4, 0.5) is 0 Å². The average Bonchev–Trinajstić information content (AvgIpc) is 2.89. The van der Waals surface area contributed by atoms with Gasteiger partial charge in [0.25, 0.3) is 0 Å². The van der Waals surface area contributed by atoms with Crippen LogP contribution in [0, 0.1) is 0 Å². The predicted molar refractivity (Wildman–Crippen MR) is 136 cm³/mol. The lowest BCUT2D eigenvalue weighted by molar-refractivity contribution is -0.136. The lowest BCUT2D eigenvalue weighted by Crippen LogP contribution is -2.18. The van der Waals surface area contributed by atoms with Crippen LogP contribution in [0.15, 0.2) is 103 Å². The molecule has 0 saturated heterocycles. The molecule has 0 radical (unpaired) electrons. The summed E-state index contributed by atoms with van der Waals surface area (Å²) in [4.78, 5) is 21.0. The zero-order valence-electron chi connectivity index (χ0n) is 19.1. The molecule has 0 fully saturated rings. The van der Waals surface area contributed by atoms with E-state index in [-0.39, 0.29) is 13.0 Å². The summed E-state index contributed by atoms with van der Waals surface area (Å²) < 4.78 is 5.71. The number of rotatable bonds is 11. The fraction of sp³-hybridized carbons (Fsp3) is 0.103. The van der Waals surface area contributed by atoms with Gasteiger partial charge in [0, 0.05) is 11.8 Å². The first-order valence-electron chi connectivity index (χ1n) is 11.3. The molecule has 35 heavy (non-hydrogen) atoms. The Hall–Kier alpha value is -4.42. The molecule has 6 nitrogen and oxygen atoms in total. The summed E-state index contributed by atoms with van der Waals surface area (Å²) in [5, 5.41) is 8.95. The van der Waals surface area contributed by atoms with Gasteiger partial charge < -0.3 is 9.84 Å². The number of aliphatic carboxylic acids is 1. The molecule has 3 aromatic carbocycles. The molecule has 176 valence electrons. The van der Waals surface area contributed by atoms with Crippen molar-refractivity contribution in [2.24, 2.45) is 0 Å². The Kier molecular flexibility index (Phi) is 8.24. The highest BCUT2D eigenvalue weighted by atomic mass is 16.7. The van der Waals surface area contributed by atoms with Gasteiger partial charge in [-0.05, 0) is 47.0 Å². The zero-order chi connectivity index (χ0) is 24.3. The first kappa shape index (κ1) is 23.7. The fourth-order valence-corrected chi connectivity index (χ4v) is 3.50. The number of carboxylic acids is 1. The Morgan fingerprint density at radius 1 is 0.857 bits per heavy atom. The molecule has 0 bridgehead atoms. The Balaban J connectivity index is 1.39. The van der Waals surface area contributed by atoms with Crippen LogP contribution in [0.5, 0.6) is 5.75 Å². The SMILES string of the molecule is O=C(O)Cc1cccc(OCCONC(=Cc2ccccn2)c2ccc(-c3ccccc3)cc2)c1. The van der Waals surface area contributed by atoms with E-state index in [0.29, 0.717) is 17.9 Å². The summed E-state index contributed by atoms with van der Waals surface area (Å²) in [6.07, 6.45) is 3.63. The van der Waals surface area contributed by atoms with Gasteiger partial charge in [-0.2, -0.15) is 0 Å². The number of benzene rings is 3. The standard InChI is InChI=1S/C29H26N2O4/c32-29(33)20-22-7-6-11-27(19-22)34-17-18-35-31-28(21-26-10-4-5-16-30-26)25-14-12-24(13-15-25)23-8-2-1-3-9-23/h1-16,19,21,31H,17-18,20H2,(H,32,33). The van der Waals surface area contributed by atoms with E-state index in [4.69, 9.17) is 14.7 Å². The Morgan fingerprint density at radius 3 is 2.37 bits per heavy atom. The third kappa shape index (κ3) is 7.28. The van der Waals surface area contributed by atoms with E-state index in [0.717, 1.165) is 28.1 Å². The van der Waals surface area contributed by atoms with Crippen LogP contribution in [0.1, 0.15) is 16.8 Å². The van der Waals surface area contributed by atoms with E-state index in [9.17, 15) is 4.79 Å². The van der Waals surface area contributed by atoms with E-state index in [2.05, 4.69) is 34.7 Å². The maximum absolute atomic E-state index is 10.9. The Morgan fingerprint density at radius 2 is 1.63 bits per heavy atom.